The average Bonchev–Trinajstić information content (AvgIpc) is 2.67. The van der Waals surface area contributed by atoms with Crippen molar-refractivity contribution in [1.29, 1.82) is 0 Å². The molecule has 0 aromatic heterocycles. The van der Waals surface area contributed by atoms with Gasteiger partial charge >= 0.3 is 0 Å². The Morgan fingerprint density at radius 2 is 1.85 bits per heavy atom. The highest BCUT2D eigenvalue weighted by Crippen LogP contribution is 2.30. The summed E-state index contributed by atoms with van der Waals surface area (Å²) in [6.07, 6.45) is -0.414. The van der Waals surface area contributed by atoms with E-state index in [0.29, 0.717) is 18.7 Å². The van der Waals surface area contributed by atoms with Gasteiger partial charge in [0.05, 0.1) is 19.3 Å². The van der Waals surface area contributed by atoms with Gasteiger partial charge in [-0.3, -0.25) is 4.79 Å². The first-order valence-corrected chi connectivity index (χ1v) is 8.92. The second kappa shape index (κ2) is 8.45. The first kappa shape index (κ1) is 18.6. The number of carbonyl (C=O) groups is 1. The molecule has 2 aromatic carbocycles. The van der Waals surface area contributed by atoms with Crippen LogP contribution in [0.3, 0.4) is 0 Å². The van der Waals surface area contributed by atoms with Crippen molar-refractivity contribution in [1.82, 2.24) is 9.80 Å². The summed E-state index contributed by atoms with van der Waals surface area (Å²) in [5, 5.41) is 9.75. The molecule has 1 aliphatic rings. The molecule has 1 saturated heterocycles. The zero-order valence-electron chi connectivity index (χ0n) is 15.3. The molecule has 0 spiro atoms. The van der Waals surface area contributed by atoms with Gasteiger partial charge in [0.15, 0.2) is 0 Å². The second-order valence-electron chi connectivity index (χ2n) is 6.88. The van der Waals surface area contributed by atoms with Crippen LogP contribution in [0.4, 0.5) is 0 Å². The molecule has 138 valence electrons. The Bertz CT molecular complexity index is 716. The number of aliphatic hydroxyl groups excluding tert-OH is 1. The monoisotopic (exact) mass is 354 g/mol. The second-order valence-corrected chi connectivity index (χ2v) is 6.88. The van der Waals surface area contributed by atoms with Crippen LogP contribution in [0.2, 0.25) is 0 Å². The van der Waals surface area contributed by atoms with Crippen molar-refractivity contribution in [3.63, 3.8) is 0 Å². The lowest BCUT2D eigenvalue weighted by molar-refractivity contribution is -0.0811. The minimum atomic E-state index is -0.414. The number of hydrogen-bond acceptors (Lipinski definition) is 4. The van der Waals surface area contributed by atoms with Gasteiger partial charge < -0.3 is 19.6 Å². The smallest absolute Gasteiger partial charge is 0.254 e. The molecule has 1 N–H and O–H groups in total. The SMILES string of the molecule is CN(C)Cc1ccc(C(=O)N2CCOC(CO)C2c2ccccc2)cc1. The number of morpholine rings is 1. The summed E-state index contributed by atoms with van der Waals surface area (Å²) >= 11 is 0. The summed E-state index contributed by atoms with van der Waals surface area (Å²) in [5.74, 6) is -0.0305. The van der Waals surface area contributed by atoms with Crippen molar-refractivity contribution in [2.45, 2.75) is 18.7 Å². The number of carbonyl (C=O) groups excluding carboxylic acids is 1. The topological polar surface area (TPSA) is 53.0 Å². The highest BCUT2D eigenvalue weighted by Gasteiger charge is 2.36. The zero-order chi connectivity index (χ0) is 18.5. The molecule has 5 nitrogen and oxygen atoms in total. The van der Waals surface area contributed by atoms with E-state index in [2.05, 4.69) is 4.90 Å². The lowest BCUT2D eigenvalue weighted by Gasteiger charge is -2.41. The molecule has 1 heterocycles. The van der Waals surface area contributed by atoms with E-state index < -0.39 is 6.10 Å². The molecular formula is C21H26N2O3. The van der Waals surface area contributed by atoms with Gasteiger partial charge in [0.1, 0.15) is 6.10 Å². The molecule has 0 bridgehead atoms. The molecule has 2 aromatic rings. The molecule has 5 heteroatoms. The third kappa shape index (κ3) is 4.12. The lowest BCUT2D eigenvalue weighted by atomic mass is 9.97. The summed E-state index contributed by atoms with van der Waals surface area (Å²) in [4.78, 5) is 17.1. The molecule has 2 unspecified atom stereocenters. The van der Waals surface area contributed by atoms with Crippen molar-refractivity contribution < 1.29 is 14.6 Å². The maximum Gasteiger partial charge on any atom is 0.254 e. The molecule has 0 radical (unpaired) electrons. The van der Waals surface area contributed by atoms with Gasteiger partial charge in [0, 0.05) is 18.7 Å². The lowest BCUT2D eigenvalue weighted by Crippen LogP contribution is -2.49. The van der Waals surface area contributed by atoms with E-state index >= 15 is 0 Å². The summed E-state index contributed by atoms with van der Waals surface area (Å²) < 4.78 is 5.72. The fourth-order valence-electron chi connectivity index (χ4n) is 3.44. The Balaban J connectivity index is 1.86. The van der Waals surface area contributed by atoms with Crippen LogP contribution in [0, 0.1) is 0 Å². The van der Waals surface area contributed by atoms with Gasteiger partial charge in [-0.1, -0.05) is 42.5 Å². The van der Waals surface area contributed by atoms with E-state index in [4.69, 9.17) is 4.74 Å². The molecule has 0 saturated carbocycles. The third-order valence-electron chi connectivity index (χ3n) is 4.63. The summed E-state index contributed by atoms with van der Waals surface area (Å²) in [6, 6.07) is 17.2. The van der Waals surface area contributed by atoms with Crippen LogP contribution in [0.1, 0.15) is 27.5 Å². The number of hydrogen-bond donors (Lipinski definition) is 1. The van der Waals surface area contributed by atoms with Crippen LogP contribution in [0.15, 0.2) is 54.6 Å². The Morgan fingerprint density at radius 1 is 1.15 bits per heavy atom. The summed E-state index contributed by atoms with van der Waals surface area (Å²) in [6.45, 7) is 1.66. The van der Waals surface area contributed by atoms with Gasteiger partial charge in [-0.2, -0.15) is 0 Å². The minimum absolute atomic E-state index is 0.0305. The van der Waals surface area contributed by atoms with Gasteiger partial charge in [0.25, 0.3) is 5.91 Å². The fourth-order valence-corrected chi connectivity index (χ4v) is 3.44. The number of nitrogens with zero attached hydrogens (tertiary/aromatic N) is 2. The summed E-state index contributed by atoms with van der Waals surface area (Å²) in [7, 11) is 4.04. The van der Waals surface area contributed by atoms with Crippen LogP contribution in [-0.4, -0.2) is 60.8 Å². The third-order valence-corrected chi connectivity index (χ3v) is 4.63. The van der Waals surface area contributed by atoms with Gasteiger partial charge in [-0.15, -0.1) is 0 Å². The Morgan fingerprint density at radius 3 is 2.46 bits per heavy atom. The van der Waals surface area contributed by atoms with Gasteiger partial charge in [-0.25, -0.2) is 0 Å². The fraction of sp³-hybridized carbons (Fsp3) is 0.381. The van der Waals surface area contributed by atoms with E-state index in [-0.39, 0.29) is 18.6 Å². The number of aliphatic hydroxyl groups is 1. The van der Waals surface area contributed by atoms with E-state index in [1.54, 1.807) is 0 Å². The molecule has 1 amide bonds. The molecular weight excluding hydrogens is 328 g/mol. The molecule has 1 fully saturated rings. The summed E-state index contributed by atoms with van der Waals surface area (Å²) in [5.41, 5.74) is 2.80. The number of ether oxygens (including phenoxy) is 1. The first-order chi connectivity index (χ1) is 12.6. The Labute approximate surface area is 154 Å². The van der Waals surface area contributed by atoms with E-state index in [1.165, 1.54) is 5.56 Å². The van der Waals surface area contributed by atoms with Crippen molar-refractivity contribution in [2.75, 3.05) is 33.9 Å². The molecule has 2 atom stereocenters. The van der Waals surface area contributed by atoms with Crippen molar-refractivity contribution in [3.8, 4) is 0 Å². The number of benzene rings is 2. The van der Waals surface area contributed by atoms with E-state index in [1.807, 2.05) is 73.6 Å². The van der Waals surface area contributed by atoms with Crippen molar-refractivity contribution >= 4 is 5.91 Å². The van der Waals surface area contributed by atoms with E-state index in [9.17, 15) is 9.90 Å². The van der Waals surface area contributed by atoms with Crippen LogP contribution in [-0.2, 0) is 11.3 Å². The number of rotatable bonds is 5. The van der Waals surface area contributed by atoms with Crippen LogP contribution < -0.4 is 0 Å². The maximum atomic E-state index is 13.2. The Kier molecular flexibility index (Phi) is 6.04. The molecule has 0 aliphatic carbocycles. The molecule has 26 heavy (non-hydrogen) atoms. The van der Waals surface area contributed by atoms with Crippen LogP contribution in [0.25, 0.3) is 0 Å². The van der Waals surface area contributed by atoms with Crippen LogP contribution >= 0.6 is 0 Å². The Hall–Kier alpha value is -2.21. The van der Waals surface area contributed by atoms with Gasteiger partial charge in [-0.05, 0) is 37.4 Å². The predicted octanol–water partition coefficient (Wildman–Crippen LogP) is 2.32. The zero-order valence-corrected chi connectivity index (χ0v) is 15.3. The van der Waals surface area contributed by atoms with Crippen molar-refractivity contribution in [3.05, 3.63) is 71.3 Å². The maximum absolute atomic E-state index is 13.2. The quantitative estimate of drug-likeness (QED) is 0.895. The normalized spacial score (nSPS) is 20.4. The standard InChI is InChI=1S/C21H26N2O3/c1-22(2)14-16-8-10-18(11-9-16)21(25)23-12-13-26-19(15-24)20(23)17-6-4-3-5-7-17/h3-11,19-20,24H,12-15H2,1-2H3. The van der Waals surface area contributed by atoms with Crippen LogP contribution in [0.5, 0.6) is 0 Å². The van der Waals surface area contributed by atoms with Gasteiger partial charge in [0.2, 0.25) is 0 Å². The first-order valence-electron chi connectivity index (χ1n) is 8.92. The molecule has 3 rings (SSSR count). The minimum Gasteiger partial charge on any atom is -0.394 e. The largest absolute Gasteiger partial charge is 0.394 e. The predicted molar refractivity (Wildman–Crippen MR) is 101 cm³/mol. The molecule has 1 aliphatic heterocycles. The highest BCUT2D eigenvalue weighted by atomic mass is 16.5. The average molecular weight is 354 g/mol. The van der Waals surface area contributed by atoms with E-state index in [0.717, 1.165) is 12.1 Å². The number of amides is 1. The van der Waals surface area contributed by atoms with Crippen molar-refractivity contribution in [2.24, 2.45) is 0 Å². The highest BCUT2D eigenvalue weighted by molar-refractivity contribution is 5.94.